The zero-order valence-electron chi connectivity index (χ0n) is 12.3. The maximum Gasteiger partial charge on any atom is 0.248 e. The highest BCUT2D eigenvalue weighted by Crippen LogP contribution is 2.25. The van der Waals surface area contributed by atoms with Crippen molar-refractivity contribution in [3.63, 3.8) is 0 Å². The van der Waals surface area contributed by atoms with E-state index in [1.165, 1.54) is 6.08 Å². The number of hydrogen-bond donors (Lipinski definition) is 1. The van der Waals surface area contributed by atoms with Crippen LogP contribution in [0.5, 0.6) is 11.5 Å². The fourth-order valence-electron chi connectivity index (χ4n) is 1.82. The van der Waals surface area contributed by atoms with E-state index in [0.717, 1.165) is 11.3 Å². The Morgan fingerprint density at radius 2 is 1.82 bits per heavy atom. The molecule has 2 rings (SSSR count). The van der Waals surface area contributed by atoms with Crippen LogP contribution in [0, 0.1) is 0 Å². The van der Waals surface area contributed by atoms with Crippen LogP contribution in [0.3, 0.4) is 0 Å². The lowest BCUT2D eigenvalue weighted by Gasteiger charge is -2.04. The highest BCUT2D eigenvalue weighted by atomic mass is 35.5. The lowest BCUT2D eigenvalue weighted by molar-refractivity contribution is -0.111. The Morgan fingerprint density at radius 3 is 2.41 bits per heavy atom. The number of carbonyl (C=O) groups excluding carboxylic acids is 1. The van der Waals surface area contributed by atoms with E-state index in [1.807, 2.05) is 6.07 Å². The number of benzene rings is 2. The zero-order chi connectivity index (χ0) is 15.9. The summed E-state index contributed by atoms with van der Waals surface area (Å²) in [6.07, 6.45) is 3.13. The lowest BCUT2D eigenvalue weighted by Crippen LogP contribution is -2.07. The number of methoxy groups -OCH3 is 2. The van der Waals surface area contributed by atoms with Crippen LogP contribution in [0.1, 0.15) is 5.56 Å². The van der Waals surface area contributed by atoms with E-state index < -0.39 is 0 Å². The molecule has 0 saturated heterocycles. The van der Waals surface area contributed by atoms with Crippen LogP contribution in [-0.2, 0) is 4.79 Å². The van der Waals surface area contributed by atoms with Crippen LogP contribution in [-0.4, -0.2) is 20.1 Å². The van der Waals surface area contributed by atoms with Crippen LogP contribution < -0.4 is 14.8 Å². The van der Waals surface area contributed by atoms with Gasteiger partial charge in [-0.15, -0.1) is 0 Å². The van der Waals surface area contributed by atoms with Crippen molar-refractivity contribution in [1.29, 1.82) is 0 Å². The van der Waals surface area contributed by atoms with Crippen molar-refractivity contribution in [3.05, 3.63) is 59.1 Å². The van der Waals surface area contributed by atoms with Crippen LogP contribution in [0.4, 0.5) is 5.69 Å². The molecule has 5 heteroatoms. The molecule has 0 saturated carbocycles. The van der Waals surface area contributed by atoms with Crippen molar-refractivity contribution in [2.75, 3.05) is 19.5 Å². The van der Waals surface area contributed by atoms with Crippen molar-refractivity contribution in [1.82, 2.24) is 0 Å². The van der Waals surface area contributed by atoms with Gasteiger partial charge in [-0.05, 0) is 48.0 Å². The molecule has 1 amide bonds. The second-order valence-corrected chi connectivity index (χ2v) is 4.85. The fourth-order valence-corrected chi connectivity index (χ4v) is 2.08. The molecule has 0 spiro atoms. The smallest absolute Gasteiger partial charge is 0.248 e. The second-order valence-electron chi connectivity index (χ2n) is 4.45. The number of rotatable bonds is 5. The first-order valence-electron chi connectivity index (χ1n) is 6.59. The molecule has 114 valence electrons. The Labute approximate surface area is 134 Å². The van der Waals surface area contributed by atoms with Crippen LogP contribution in [0.25, 0.3) is 6.08 Å². The molecule has 0 fully saturated rings. The standard InChI is InChI=1S/C17H16ClNO3/c1-21-14-7-5-13(6-8-14)19-17(20)10-4-12-3-9-16(22-2)15(18)11-12/h3-11H,1-2H3,(H,19,20)/b10-4+. The van der Waals surface area contributed by atoms with Gasteiger partial charge in [0, 0.05) is 11.8 Å². The van der Waals surface area contributed by atoms with E-state index in [-0.39, 0.29) is 5.91 Å². The first kappa shape index (κ1) is 15.9. The molecule has 0 heterocycles. The predicted molar refractivity (Wildman–Crippen MR) is 88.7 cm³/mol. The van der Waals surface area contributed by atoms with Crippen molar-refractivity contribution in [2.45, 2.75) is 0 Å². The summed E-state index contributed by atoms with van der Waals surface area (Å²) in [5.41, 5.74) is 1.51. The normalized spacial score (nSPS) is 10.5. The summed E-state index contributed by atoms with van der Waals surface area (Å²) in [5, 5.41) is 3.26. The first-order valence-corrected chi connectivity index (χ1v) is 6.97. The molecule has 0 aliphatic rings. The van der Waals surface area contributed by atoms with Crippen molar-refractivity contribution < 1.29 is 14.3 Å². The first-order chi connectivity index (χ1) is 10.6. The minimum Gasteiger partial charge on any atom is -0.497 e. The average molecular weight is 318 g/mol. The summed E-state index contributed by atoms with van der Waals surface area (Å²) in [7, 11) is 3.15. The molecule has 4 nitrogen and oxygen atoms in total. The summed E-state index contributed by atoms with van der Waals surface area (Å²) in [6.45, 7) is 0. The van der Waals surface area contributed by atoms with Gasteiger partial charge in [-0.1, -0.05) is 17.7 Å². The zero-order valence-corrected chi connectivity index (χ0v) is 13.1. The van der Waals surface area contributed by atoms with Gasteiger partial charge in [-0.3, -0.25) is 4.79 Å². The topological polar surface area (TPSA) is 47.6 Å². The fraction of sp³-hybridized carbons (Fsp3) is 0.118. The number of ether oxygens (including phenoxy) is 2. The summed E-state index contributed by atoms with van der Waals surface area (Å²) in [5.74, 6) is 1.11. The van der Waals surface area contributed by atoms with Crippen LogP contribution >= 0.6 is 11.6 Å². The van der Waals surface area contributed by atoms with Gasteiger partial charge in [0.05, 0.1) is 19.2 Å². The second kappa shape index (κ2) is 7.52. The number of halogens is 1. The third-order valence-corrected chi connectivity index (χ3v) is 3.26. The SMILES string of the molecule is COc1ccc(NC(=O)/C=C/c2ccc(OC)c(Cl)c2)cc1. The number of anilines is 1. The van der Waals surface area contributed by atoms with Gasteiger partial charge < -0.3 is 14.8 Å². The molecular formula is C17H16ClNO3. The van der Waals surface area contributed by atoms with E-state index in [9.17, 15) is 4.79 Å². The Bertz CT molecular complexity index is 681. The largest absolute Gasteiger partial charge is 0.497 e. The highest BCUT2D eigenvalue weighted by Gasteiger charge is 2.01. The summed E-state index contributed by atoms with van der Waals surface area (Å²) >= 11 is 6.03. The molecule has 0 bridgehead atoms. The van der Waals surface area contributed by atoms with Gasteiger partial charge in [-0.2, -0.15) is 0 Å². The summed E-state index contributed by atoms with van der Waals surface area (Å²) in [6, 6.07) is 12.4. The molecule has 0 aliphatic carbocycles. The monoisotopic (exact) mass is 317 g/mol. The molecule has 0 atom stereocenters. The molecule has 2 aromatic carbocycles. The maximum absolute atomic E-state index is 11.9. The molecular weight excluding hydrogens is 302 g/mol. The highest BCUT2D eigenvalue weighted by molar-refractivity contribution is 6.32. The van der Waals surface area contributed by atoms with Crippen molar-refractivity contribution >= 4 is 29.3 Å². The minimum absolute atomic E-state index is 0.225. The molecule has 0 aromatic heterocycles. The van der Waals surface area contributed by atoms with Crippen LogP contribution in [0.15, 0.2) is 48.5 Å². The van der Waals surface area contributed by atoms with E-state index in [1.54, 1.807) is 56.7 Å². The number of amides is 1. The lowest BCUT2D eigenvalue weighted by atomic mass is 10.2. The van der Waals surface area contributed by atoms with Gasteiger partial charge in [0.1, 0.15) is 11.5 Å². The van der Waals surface area contributed by atoms with Gasteiger partial charge in [-0.25, -0.2) is 0 Å². The predicted octanol–water partition coefficient (Wildman–Crippen LogP) is 4.01. The van der Waals surface area contributed by atoms with Crippen molar-refractivity contribution in [3.8, 4) is 11.5 Å². The number of carbonyl (C=O) groups is 1. The molecule has 0 aliphatic heterocycles. The molecule has 0 radical (unpaired) electrons. The van der Waals surface area contributed by atoms with Gasteiger partial charge in [0.2, 0.25) is 5.91 Å². The third kappa shape index (κ3) is 4.27. The van der Waals surface area contributed by atoms with E-state index >= 15 is 0 Å². The Kier molecular flexibility index (Phi) is 5.44. The maximum atomic E-state index is 11.9. The molecule has 1 N–H and O–H groups in total. The van der Waals surface area contributed by atoms with Gasteiger partial charge >= 0.3 is 0 Å². The Morgan fingerprint density at radius 1 is 1.09 bits per heavy atom. The average Bonchev–Trinajstić information content (AvgIpc) is 2.54. The van der Waals surface area contributed by atoms with E-state index in [2.05, 4.69) is 5.32 Å². The van der Waals surface area contributed by atoms with Crippen molar-refractivity contribution in [2.24, 2.45) is 0 Å². The number of nitrogens with one attached hydrogen (secondary N) is 1. The van der Waals surface area contributed by atoms with E-state index in [0.29, 0.717) is 16.5 Å². The van der Waals surface area contributed by atoms with Gasteiger partial charge in [0.25, 0.3) is 0 Å². The van der Waals surface area contributed by atoms with E-state index in [4.69, 9.17) is 21.1 Å². The third-order valence-electron chi connectivity index (χ3n) is 2.96. The summed E-state index contributed by atoms with van der Waals surface area (Å²) in [4.78, 5) is 11.9. The summed E-state index contributed by atoms with van der Waals surface area (Å²) < 4.78 is 10.1. The molecule has 0 unspecified atom stereocenters. The quantitative estimate of drug-likeness (QED) is 0.848. The Hall–Kier alpha value is -2.46. The van der Waals surface area contributed by atoms with Crippen LogP contribution in [0.2, 0.25) is 5.02 Å². The minimum atomic E-state index is -0.225. The Balaban J connectivity index is 1.99. The van der Waals surface area contributed by atoms with Gasteiger partial charge in [0.15, 0.2) is 0 Å². The molecule has 2 aromatic rings. The molecule has 22 heavy (non-hydrogen) atoms. The number of hydrogen-bond acceptors (Lipinski definition) is 3.